The van der Waals surface area contributed by atoms with E-state index in [1.165, 1.54) is 6.07 Å². The third-order valence-corrected chi connectivity index (χ3v) is 3.00. The third kappa shape index (κ3) is 2.30. The first-order valence-electron chi connectivity index (χ1n) is 5.55. The molecule has 1 rings (SSSR count). The zero-order valence-electron chi connectivity index (χ0n) is 10.2. The quantitative estimate of drug-likeness (QED) is 0.842. The molecule has 0 aliphatic rings. The SMILES string of the molecule is CCc1cc(C(=O)O)c(C(=O)O)c(CC)c1C. The average molecular weight is 236 g/mol. The van der Waals surface area contributed by atoms with Gasteiger partial charge in [0.15, 0.2) is 0 Å². The molecule has 0 spiro atoms. The van der Waals surface area contributed by atoms with Crippen LogP contribution < -0.4 is 0 Å². The van der Waals surface area contributed by atoms with Crippen molar-refractivity contribution >= 4 is 11.9 Å². The first-order chi connectivity index (χ1) is 7.93. The highest BCUT2D eigenvalue weighted by Crippen LogP contribution is 2.24. The van der Waals surface area contributed by atoms with Crippen LogP contribution >= 0.6 is 0 Å². The highest BCUT2D eigenvalue weighted by atomic mass is 16.4. The van der Waals surface area contributed by atoms with E-state index < -0.39 is 11.9 Å². The Kier molecular flexibility index (Phi) is 3.89. The number of hydrogen-bond donors (Lipinski definition) is 2. The van der Waals surface area contributed by atoms with Crippen LogP contribution in [-0.2, 0) is 12.8 Å². The van der Waals surface area contributed by atoms with Crippen molar-refractivity contribution in [2.75, 3.05) is 0 Å². The first kappa shape index (κ1) is 13.2. The number of carboxylic acids is 2. The van der Waals surface area contributed by atoms with Crippen molar-refractivity contribution in [2.24, 2.45) is 0 Å². The summed E-state index contributed by atoms with van der Waals surface area (Å²) in [5.74, 6) is -2.36. The summed E-state index contributed by atoms with van der Waals surface area (Å²) >= 11 is 0. The first-order valence-corrected chi connectivity index (χ1v) is 5.55. The lowest BCUT2D eigenvalue weighted by Crippen LogP contribution is -2.14. The molecule has 0 unspecified atom stereocenters. The van der Waals surface area contributed by atoms with Gasteiger partial charge in [-0.1, -0.05) is 13.8 Å². The Morgan fingerprint density at radius 3 is 2.06 bits per heavy atom. The maximum Gasteiger partial charge on any atom is 0.336 e. The third-order valence-electron chi connectivity index (χ3n) is 3.00. The van der Waals surface area contributed by atoms with Crippen LogP contribution in [0.25, 0.3) is 0 Å². The molecular weight excluding hydrogens is 220 g/mol. The van der Waals surface area contributed by atoms with Crippen LogP contribution in [0.15, 0.2) is 6.07 Å². The molecule has 0 heterocycles. The number of rotatable bonds is 4. The lowest BCUT2D eigenvalue weighted by Gasteiger charge is -2.14. The monoisotopic (exact) mass is 236 g/mol. The smallest absolute Gasteiger partial charge is 0.336 e. The Morgan fingerprint density at radius 1 is 1.12 bits per heavy atom. The molecule has 0 fully saturated rings. The molecular formula is C13H16O4. The molecule has 92 valence electrons. The topological polar surface area (TPSA) is 74.6 Å². The Balaban J connectivity index is 3.70. The van der Waals surface area contributed by atoms with E-state index >= 15 is 0 Å². The molecule has 1 aromatic carbocycles. The lowest BCUT2D eigenvalue weighted by molar-refractivity contribution is 0.0650. The van der Waals surface area contributed by atoms with Gasteiger partial charge in [0.25, 0.3) is 0 Å². The minimum atomic E-state index is -1.19. The second-order valence-electron chi connectivity index (χ2n) is 3.88. The van der Waals surface area contributed by atoms with Crippen molar-refractivity contribution in [3.8, 4) is 0 Å². The minimum absolute atomic E-state index is 0.0744. The molecule has 2 N–H and O–H groups in total. The molecule has 0 saturated heterocycles. The number of aromatic carboxylic acids is 2. The van der Waals surface area contributed by atoms with Gasteiger partial charge in [-0.2, -0.15) is 0 Å². The van der Waals surface area contributed by atoms with Crippen molar-refractivity contribution in [1.29, 1.82) is 0 Å². The van der Waals surface area contributed by atoms with Gasteiger partial charge in [-0.05, 0) is 42.5 Å². The maximum atomic E-state index is 11.2. The number of carbonyl (C=O) groups is 2. The molecule has 0 atom stereocenters. The molecule has 0 aliphatic heterocycles. The molecule has 4 nitrogen and oxygen atoms in total. The van der Waals surface area contributed by atoms with E-state index in [1.807, 2.05) is 20.8 Å². The van der Waals surface area contributed by atoms with E-state index in [9.17, 15) is 9.59 Å². The van der Waals surface area contributed by atoms with Crippen LogP contribution in [0.3, 0.4) is 0 Å². The fraction of sp³-hybridized carbons (Fsp3) is 0.385. The summed E-state index contributed by atoms with van der Waals surface area (Å²) in [6.07, 6.45) is 1.21. The summed E-state index contributed by atoms with van der Waals surface area (Å²) in [5.41, 5.74) is 2.21. The predicted molar refractivity (Wildman–Crippen MR) is 63.9 cm³/mol. The van der Waals surface area contributed by atoms with Crippen molar-refractivity contribution < 1.29 is 19.8 Å². The van der Waals surface area contributed by atoms with E-state index in [2.05, 4.69) is 0 Å². The van der Waals surface area contributed by atoms with Crippen molar-refractivity contribution in [2.45, 2.75) is 33.6 Å². The second-order valence-corrected chi connectivity index (χ2v) is 3.88. The summed E-state index contributed by atoms with van der Waals surface area (Å²) in [6.45, 7) is 5.60. The van der Waals surface area contributed by atoms with Crippen LogP contribution in [0.2, 0.25) is 0 Å². The van der Waals surface area contributed by atoms with Crippen LogP contribution in [0.5, 0.6) is 0 Å². The predicted octanol–water partition coefficient (Wildman–Crippen LogP) is 2.52. The maximum absolute atomic E-state index is 11.2. The molecule has 17 heavy (non-hydrogen) atoms. The van der Waals surface area contributed by atoms with Crippen molar-refractivity contribution in [3.63, 3.8) is 0 Å². The zero-order valence-corrected chi connectivity index (χ0v) is 10.2. The second kappa shape index (κ2) is 4.99. The van der Waals surface area contributed by atoms with Gasteiger partial charge in [-0.3, -0.25) is 0 Å². The molecule has 0 saturated carbocycles. The van der Waals surface area contributed by atoms with Crippen LogP contribution in [0, 0.1) is 6.92 Å². The van der Waals surface area contributed by atoms with Crippen LogP contribution in [-0.4, -0.2) is 22.2 Å². The summed E-state index contributed by atoms with van der Waals surface area (Å²) in [6, 6.07) is 1.47. The van der Waals surface area contributed by atoms with Gasteiger partial charge >= 0.3 is 11.9 Å². The van der Waals surface area contributed by atoms with Gasteiger partial charge in [-0.25, -0.2) is 9.59 Å². The van der Waals surface area contributed by atoms with Crippen LogP contribution in [0.1, 0.15) is 51.3 Å². The van der Waals surface area contributed by atoms with E-state index in [4.69, 9.17) is 10.2 Å². The Bertz CT molecular complexity index is 475. The van der Waals surface area contributed by atoms with Gasteiger partial charge < -0.3 is 10.2 Å². The van der Waals surface area contributed by atoms with Gasteiger partial charge in [-0.15, -0.1) is 0 Å². The normalized spacial score (nSPS) is 10.3. The Hall–Kier alpha value is -1.84. The summed E-state index contributed by atoms with van der Waals surface area (Å²) in [4.78, 5) is 22.3. The van der Waals surface area contributed by atoms with Gasteiger partial charge in [0.05, 0.1) is 11.1 Å². The van der Waals surface area contributed by atoms with E-state index in [-0.39, 0.29) is 11.1 Å². The fourth-order valence-corrected chi connectivity index (χ4v) is 2.12. The summed E-state index contributed by atoms with van der Waals surface area (Å²) in [5, 5.41) is 18.2. The van der Waals surface area contributed by atoms with Crippen molar-refractivity contribution in [1.82, 2.24) is 0 Å². The summed E-state index contributed by atoms with van der Waals surface area (Å²) in [7, 11) is 0. The number of benzene rings is 1. The largest absolute Gasteiger partial charge is 0.478 e. The van der Waals surface area contributed by atoms with Gasteiger partial charge in [0.2, 0.25) is 0 Å². The number of aryl methyl sites for hydroxylation is 1. The molecule has 1 aromatic rings. The zero-order chi connectivity index (χ0) is 13.2. The molecule has 4 heteroatoms. The number of carboxylic acid groups (broad SMARTS) is 2. The molecule has 0 aliphatic carbocycles. The Morgan fingerprint density at radius 2 is 1.71 bits per heavy atom. The van der Waals surface area contributed by atoms with Crippen molar-refractivity contribution in [3.05, 3.63) is 33.9 Å². The average Bonchev–Trinajstić information content (AvgIpc) is 2.27. The molecule has 0 bridgehead atoms. The lowest BCUT2D eigenvalue weighted by atomic mass is 9.90. The fourth-order valence-electron chi connectivity index (χ4n) is 2.12. The van der Waals surface area contributed by atoms with Gasteiger partial charge in [0, 0.05) is 0 Å². The molecule has 0 aromatic heterocycles. The molecule has 0 radical (unpaired) electrons. The van der Waals surface area contributed by atoms with Gasteiger partial charge in [0.1, 0.15) is 0 Å². The highest BCUT2D eigenvalue weighted by molar-refractivity contribution is 6.03. The summed E-state index contributed by atoms with van der Waals surface area (Å²) < 4.78 is 0. The van der Waals surface area contributed by atoms with Crippen LogP contribution in [0.4, 0.5) is 0 Å². The molecule has 0 amide bonds. The van der Waals surface area contributed by atoms with E-state index in [0.717, 1.165) is 11.1 Å². The van der Waals surface area contributed by atoms with E-state index in [0.29, 0.717) is 18.4 Å². The standard InChI is InChI=1S/C13H16O4/c1-4-8-6-10(12(14)15)11(13(16)17)9(5-2)7(8)3/h6H,4-5H2,1-3H3,(H,14,15)(H,16,17). The highest BCUT2D eigenvalue weighted by Gasteiger charge is 2.22. The Labute approximate surface area is 99.9 Å². The minimum Gasteiger partial charge on any atom is -0.478 e. The number of hydrogen-bond acceptors (Lipinski definition) is 2. The van der Waals surface area contributed by atoms with E-state index in [1.54, 1.807) is 0 Å².